The van der Waals surface area contributed by atoms with Crippen LogP contribution < -0.4 is 11.6 Å². The molecule has 0 spiro atoms. The molecule has 1 aliphatic rings. The van der Waals surface area contributed by atoms with Crippen LogP contribution in [0.2, 0.25) is 5.11 Å². The molecular weight excluding hydrogens is 425 g/mol. The Bertz CT molecular complexity index is 1240. The largest absolute Gasteiger partial charge is 0.401 e. The first-order valence-corrected chi connectivity index (χ1v) is 12.0. The molecule has 0 saturated carbocycles. The normalized spacial score (nSPS) is 18.1. The van der Waals surface area contributed by atoms with Crippen LogP contribution in [0.3, 0.4) is 0 Å². The Hall–Kier alpha value is -2.49. The zero-order valence-corrected chi connectivity index (χ0v) is 21.2. The number of hydrogen-bond donors (Lipinski definition) is 3. The van der Waals surface area contributed by atoms with Crippen molar-refractivity contribution in [3.8, 4) is 0 Å². The summed E-state index contributed by atoms with van der Waals surface area (Å²) in [7, 11) is 7.85. The first kappa shape index (κ1) is 24.6. The van der Waals surface area contributed by atoms with E-state index in [1.54, 1.807) is 7.05 Å². The molecule has 5 N–H and O–H groups in total. The number of pyridine rings is 2. The Morgan fingerprint density at radius 2 is 1.97 bits per heavy atom. The summed E-state index contributed by atoms with van der Waals surface area (Å²) in [6.07, 6.45) is 3.83. The number of hydrogen-bond acceptors (Lipinski definition) is 7. The highest BCUT2D eigenvalue weighted by Crippen LogP contribution is 2.39. The number of nitrogens with zero attached hydrogens (tertiary/aromatic N) is 4. The van der Waals surface area contributed by atoms with Gasteiger partial charge in [0.2, 0.25) is 0 Å². The van der Waals surface area contributed by atoms with E-state index in [1.165, 1.54) is 5.01 Å². The number of rotatable bonds is 6. The van der Waals surface area contributed by atoms with Crippen LogP contribution in [0.25, 0.3) is 27.8 Å². The fraction of sp³-hybridized carbons (Fsp3) is 0.478. The minimum absolute atomic E-state index is 0.374. The second-order valence-electron chi connectivity index (χ2n) is 10.8. The number of allylic oxidation sites excluding steroid dienone is 1. The van der Waals surface area contributed by atoms with Gasteiger partial charge in [-0.3, -0.25) is 4.98 Å². The number of ether oxygens (including phenoxy) is 1. The molecule has 4 heterocycles. The molecule has 4 rings (SSSR count). The predicted octanol–water partition coefficient (Wildman–Crippen LogP) is -0.356. The van der Waals surface area contributed by atoms with E-state index in [0.29, 0.717) is 17.3 Å². The van der Waals surface area contributed by atoms with E-state index in [2.05, 4.69) is 10.6 Å². The second kappa shape index (κ2) is 8.94. The van der Waals surface area contributed by atoms with Crippen molar-refractivity contribution in [3.63, 3.8) is 0 Å². The average molecular weight is 460 g/mol. The maximum atomic E-state index is 11.4. The van der Waals surface area contributed by atoms with E-state index >= 15 is 0 Å². The number of fused-ring (bicyclic) bond motifs is 3. The van der Waals surface area contributed by atoms with Gasteiger partial charge in [0, 0.05) is 49.6 Å². The molecule has 1 saturated heterocycles. The Kier molecular flexibility index (Phi) is 6.48. The van der Waals surface area contributed by atoms with Gasteiger partial charge >= 0.3 is 0 Å². The maximum Gasteiger partial charge on any atom is 0.143 e. The van der Waals surface area contributed by atoms with Crippen LogP contribution in [0, 0.1) is 5.92 Å². The molecule has 1 aliphatic heterocycles. The van der Waals surface area contributed by atoms with Crippen molar-refractivity contribution in [2.75, 3.05) is 20.3 Å². The first-order chi connectivity index (χ1) is 15.9. The molecule has 178 valence electrons. The SMILES string of the molecule is BC(B)(B)C(C)(O)c1ccc2c3ncc(/C(=C(\C)N)N(C)N)cc3n(CC3CCOCC3)c2n1. The Balaban J connectivity index is 1.96. The topological polar surface area (TPSA) is 115 Å². The number of hydrazine groups is 1. The highest BCUT2D eigenvalue weighted by molar-refractivity contribution is 6.59. The second-order valence-corrected chi connectivity index (χ2v) is 10.8. The van der Waals surface area contributed by atoms with Gasteiger partial charge in [-0.05, 0) is 50.8 Å². The molecule has 1 unspecified atom stereocenters. The zero-order chi connectivity index (χ0) is 24.8. The highest BCUT2D eigenvalue weighted by Gasteiger charge is 2.38. The molecule has 1 atom stereocenters. The van der Waals surface area contributed by atoms with Gasteiger partial charge in [-0.15, -0.1) is 0 Å². The third-order valence-electron chi connectivity index (χ3n) is 7.28. The Morgan fingerprint density at radius 1 is 1.29 bits per heavy atom. The monoisotopic (exact) mass is 460 g/mol. The quantitative estimate of drug-likeness (QED) is 0.262. The molecular formula is C23H35B3N6O2. The molecule has 3 aromatic rings. The Labute approximate surface area is 203 Å². The van der Waals surface area contributed by atoms with Gasteiger partial charge in [0.05, 0.1) is 51.6 Å². The van der Waals surface area contributed by atoms with Crippen molar-refractivity contribution >= 4 is 51.3 Å². The number of aliphatic hydroxyl groups is 1. The van der Waals surface area contributed by atoms with Crippen molar-refractivity contribution in [3.05, 3.63) is 41.4 Å². The van der Waals surface area contributed by atoms with Crippen molar-refractivity contribution < 1.29 is 9.84 Å². The van der Waals surface area contributed by atoms with Crippen molar-refractivity contribution in [1.82, 2.24) is 19.5 Å². The number of aromatic nitrogens is 3. The average Bonchev–Trinajstić information content (AvgIpc) is 3.05. The van der Waals surface area contributed by atoms with E-state index < -0.39 is 5.60 Å². The van der Waals surface area contributed by atoms with Gasteiger partial charge in [0.25, 0.3) is 0 Å². The van der Waals surface area contributed by atoms with Gasteiger partial charge in [-0.1, -0.05) is 5.11 Å². The first-order valence-electron chi connectivity index (χ1n) is 12.0. The summed E-state index contributed by atoms with van der Waals surface area (Å²) in [6, 6.07) is 6.05. The minimum atomic E-state index is -1.09. The summed E-state index contributed by atoms with van der Waals surface area (Å²) in [6.45, 7) is 6.03. The predicted molar refractivity (Wildman–Crippen MR) is 145 cm³/mol. The molecule has 34 heavy (non-hydrogen) atoms. The van der Waals surface area contributed by atoms with Crippen LogP contribution in [0.1, 0.15) is 37.9 Å². The summed E-state index contributed by atoms with van der Waals surface area (Å²) >= 11 is 0. The van der Waals surface area contributed by atoms with E-state index in [4.69, 9.17) is 26.3 Å². The lowest BCUT2D eigenvalue weighted by Crippen LogP contribution is -2.40. The standard InChI is InChI=1S/C23H35B3N6O2/c1-13(27)20(31(3)28)15-10-17-19(29-11-15)16-4-5-18(22(2,33)23(24,25)26)30-21(16)32(17)12-14-6-8-34-9-7-14/h4-5,10-11,14,33H,6-9,12,24-28H2,1-3H3/b20-13-. The van der Waals surface area contributed by atoms with Crippen LogP contribution in [0.15, 0.2) is 30.1 Å². The highest BCUT2D eigenvalue weighted by atomic mass is 16.5. The fourth-order valence-electron chi connectivity index (χ4n) is 4.69. The molecule has 0 aromatic carbocycles. The van der Waals surface area contributed by atoms with Gasteiger partial charge in [0.1, 0.15) is 5.65 Å². The van der Waals surface area contributed by atoms with E-state index in [0.717, 1.165) is 65.9 Å². The Morgan fingerprint density at radius 3 is 2.56 bits per heavy atom. The minimum Gasteiger partial charge on any atom is -0.401 e. The third kappa shape index (κ3) is 4.32. The summed E-state index contributed by atoms with van der Waals surface area (Å²) in [5.41, 5.74) is 10.6. The van der Waals surface area contributed by atoms with Crippen LogP contribution in [0.5, 0.6) is 0 Å². The van der Waals surface area contributed by atoms with Gasteiger partial charge < -0.3 is 25.2 Å². The summed E-state index contributed by atoms with van der Waals surface area (Å²) in [4.78, 5) is 9.86. The zero-order valence-electron chi connectivity index (χ0n) is 21.2. The van der Waals surface area contributed by atoms with E-state index in [-0.39, 0.29) is 5.11 Å². The van der Waals surface area contributed by atoms with Crippen molar-refractivity contribution in [1.29, 1.82) is 0 Å². The van der Waals surface area contributed by atoms with Crippen LogP contribution in [-0.2, 0) is 16.9 Å². The van der Waals surface area contributed by atoms with Gasteiger partial charge in [0.15, 0.2) is 0 Å². The van der Waals surface area contributed by atoms with Gasteiger partial charge in [-0.25, -0.2) is 10.8 Å². The molecule has 0 bridgehead atoms. The molecule has 3 aromatic heterocycles. The van der Waals surface area contributed by atoms with Crippen LogP contribution in [0.4, 0.5) is 0 Å². The van der Waals surface area contributed by atoms with Gasteiger partial charge in [-0.2, -0.15) is 0 Å². The lowest BCUT2D eigenvalue weighted by Gasteiger charge is -2.37. The molecule has 0 radical (unpaired) electrons. The van der Waals surface area contributed by atoms with E-state index in [9.17, 15) is 5.11 Å². The summed E-state index contributed by atoms with van der Waals surface area (Å²) in [5.74, 6) is 6.57. The molecule has 0 amide bonds. The molecule has 0 aliphatic carbocycles. The van der Waals surface area contributed by atoms with Crippen LogP contribution in [-0.4, -0.2) is 68.5 Å². The third-order valence-corrected chi connectivity index (χ3v) is 7.28. The fourth-order valence-corrected chi connectivity index (χ4v) is 4.69. The molecule has 1 fully saturated rings. The smallest absolute Gasteiger partial charge is 0.143 e. The lowest BCUT2D eigenvalue weighted by molar-refractivity contribution is 0.0538. The molecule has 11 heteroatoms. The summed E-state index contributed by atoms with van der Waals surface area (Å²) < 4.78 is 7.84. The summed E-state index contributed by atoms with van der Waals surface area (Å²) in [5, 5.41) is 13.5. The van der Waals surface area contributed by atoms with Crippen LogP contribution >= 0.6 is 0 Å². The van der Waals surface area contributed by atoms with E-state index in [1.807, 2.05) is 55.7 Å². The van der Waals surface area contributed by atoms with Crippen molar-refractivity contribution in [2.45, 2.75) is 43.9 Å². The molecule has 8 nitrogen and oxygen atoms in total. The lowest BCUT2D eigenvalue weighted by atomic mass is 9.36. The maximum absolute atomic E-state index is 11.4. The van der Waals surface area contributed by atoms with Crippen molar-refractivity contribution in [2.24, 2.45) is 17.5 Å². The number of nitrogens with two attached hydrogens (primary N) is 2.